The third kappa shape index (κ3) is 2.60. The van der Waals surface area contributed by atoms with Gasteiger partial charge in [-0.3, -0.25) is 0 Å². The molecular formula is C16H22N2O. The predicted molar refractivity (Wildman–Crippen MR) is 77.0 cm³/mol. The van der Waals surface area contributed by atoms with Crippen LogP contribution in [0.1, 0.15) is 43.4 Å². The molecule has 3 heteroatoms. The van der Waals surface area contributed by atoms with Gasteiger partial charge in [0.05, 0.1) is 6.42 Å². The first kappa shape index (κ1) is 12.5. The Labute approximate surface area is 115 Å². The van der Waals surface area contributed by atoms with Gasteiger partial charge in [0.2, 0.25) is 0 Å². The summed E-state index contributed by atoms with van der Waals surface area (Å²) in [6, 6.07) is 8.43. The smallest absolute Gasteiger partial charge is 0.160 e. The number of hydrogen-bond donors (Lipinski definition) is 0. The monoisotopic (exact) mass is 258 g/mol. The summed E-state index contributed by atoms with van der Waals surface area (Å²) >= 11 is 0. The number of nitrogens with zero attached hydrogens (tertiary/aromatic N) is 2. The van der Waals surface area contributed by atoms with Crippen LogP contribution in [0.15, 0.2) is 29.4 Å². The maximum absolute atomic E-state index is 5.66. The van der Waals surface area contributed by atoms with Gasteiger partial charge in [0.1, 0.15) is 5.84 Å². The van der Waals surface area contributed by atoms with Crippen LogP contribution in [0.5, 0.6) is 0 Å². The Morgan fingerprint density at radius 3 is 2.68 bits per heavy atom. The summed E-state index contributed by atoms with van der Waals surface area (Å²) in [6.07, 6.45) is 3.57. The van der Waals surface area contributed by atoms with Gasteiger partial charge in [0.25, 0.3) is 0 Å². The molecule has 0 N–H and O–H groups in total. The van der Waals surface area contributed by atoms with E-state index in [1.54, 1.807) is 0 Å². The Hall–Kier alpha value is -1.51. The van der Waals surface area contributed by atoms with Gasteiger partial charge in [0.15, 0.2) is 6.10 Å². The normalized spacial score (nSPS) is 24.2. The Kier molecular flexibility index (Phi) is 3.45. The van der Waals surface area contributed by atoms with Crippen LogP contribution in [0.25, 0.3) is 0 Å². The molecule has 0 radical (unpaired) electrons. The molecule has 0 saturated carbocycles. The highest BCUT2D eigenvalue weighted by atomic mass is 16.6. The highest BCUT2D eigenvalue weighted by Crippen LogP contribution is 2.31. The molecule has 3 rings (SSSR count). The van der Waals surface area contributed by atoms with Crippen molar-refractivity contribution in [3.8, 4) is 0 Å². The summed E-state index contributed by atoms with van der Waals surface area (Å²) in [4.78, 5) is 8.06. The highest BCUT2D eigenvalue weighted by Gasteiger charge is 2.29. The molecule has 3 nitrogen and oxygen atoms in total. The van der Waals surface area contributed by atoms with E-state index < -0.39 is 0 Å². The minimum atomic E-state index is 0.107. The molecule has 1 unspecified atom stereocenters. The fourth-order valence-corrected chi connectivity index (χ4v) is 2.93. The van der Waals surface area contributed by atoms with Gasteiger partial charge in [-0.2, -0.15) is 0 Å². The minimum absolute atomic E-state index is 0.107. The van der Waals surface area contributed by atoms with Crippen molar-refractivity contribution >= 4 is 5.84 Å². The van der Waals surface area contributed by atoms with E-state index in [1.165, 1.54) is 24.0 Å². The average molecular weight is 258 g/mol. The van der Waals surface area contributed by atoms with Crippen molar-refractivity contribution in [1.29, 1.82) is 0 Å². The van der Waals surface area contributed by atoms with E-state index in [0.717, 1.165) is 31.3 Å². The molecule has 0 spiro atoms. The van der Waals surface area contributed by atoms with Crippen LogP contribution in [0.4, 0.5) is 0 Å². The molecule has 1 atom stereocenters. The number of aryl methyl sites for hydroxylation is 1. The fraction of sp³-hybridized carbons (Fsp3) is 0.562. The number of likely N-dealkylation sites (tertiary alicyclic amines) is 1. The lowest BCUT2D eigenvalue weighted by Gasteiger charge is -2.31. The largest absolute Gasteiger partial charge is 0.386 e. The minimum Gasteiger partial charge on any atom is -0.386 e. The summed E-state index contributed by atoms with van der Waals surface area (Å²) in [7, 11) is 0. The van der Waals surface area contributed by atoms with Crippen LogP contribution >= 0.6 is 0 Å². The second kappa shape index (κ2) is 5.24. The second-order valence-electron chi connectivity index (χ2n) is 5.83. The third-order valence-corrected chi connectivity index (χ3v) is 4.34. The molecule has 1 aromatic carbocycles. The van der Waals surface area contributed by atoms with Gasteiger partial charge in [0, 0.05) is 13.1 Å². The lowest BCUT2D eigenvalue weighted by Crippen LogP contribution is -2.37. The van der Waals surface area contributed by atoms with E-state index in [-0.39, 0.29) is 6.10 Å². The van der Waals surface area contributed by atoms with Crippen molar-refractivity contribution in [2.75, 3.05) is 13.1 Å². The molecule has 2 heterocycles. The van der Waals surface area contributed by atoms with E-state index in [4.69, 9.17) is 4.84 Å². The number of rotatable bonds is 1. The van der Waals surface area contributed by atoms with Crippen LogP contribution in [-0.4, -0.2) is 23.8 Å². The molecular weight excluding hydrogens is 236 g/mol. The maximum Gasteiger partial charge on any atom is 0.160 e. The van der Waals surface area contributed by atoms with Crippen molar-refractivity contribution in [1.82, 2.24) is 4.90 Å². The van der Waals surface area contributed by atoms with Crippen molar-refractivity contribution < 1.29 is 4.84 Å². The van der Waals surface area contributed by atoms with E-state index in [0.29, 0.717) is 0 Å². The predicted octanol–water partition coefficient (Wildman–Crippen LogP) is 3.50. The molecule has 1 saturated heterocycles. The van der Waals surface area contributed by atoms with Crippen molar-refractivity contribution in [3.05, 3.63) is 35.4 Å². The first-order valence-electron chi connectivity index (χ1n) is 7.27. The van der Waals surface area contributed by atoms with Crippen LogP contribution in [0, 0.1) is 12.8 Å². The standard InChI is InChI=1S/C16H22N2O/c1-12-7-9-18(10-8-12)16-11-15(19-17-16)14-6-4-3-5-13(14)2/h3-6,12,15H,7-11H2,1-2H3. The molecule has 0 amide bonds. The van der Waals surface area contributed by atoms with Gasteiger partial charge in [-0.1, -0.05) is 36.3 Å². The van der Waals surface area contributed by atoms with Crippen LogP contribution in [0.3, 0.4) is 0 Å². The summed E-state index contributed by atoms with van der Waals surface area (Å²) in [6.45, 7) is 6.73. The molecule has 0 bridgehead atoms. The Morgan fingerprint density at radius 2 is 1.95 bits per heavy atom. The topological polar surface area (TPSA) is 24.8 Å². The van der Waals surface area contributed by atoms with Gasteiger partial charge in [-0.15, -0.1) is 0 Å². The Morgan fingerprint density at radius 1 is 1.21 bits per heavy atom. The van der Waals surface area contributed by atoms with Crippen LogP contribution in [-0.2, 0) is 4.84 Å². The van der Waals surface area contributed by atoms with Crippen LogP contribution in [0.2, 0.25) is 0 Å². The Balaban J connectivity index is 1.65. The zero-order valence-electron chi connectivity index (χ0n) is 11.8. The number of benzene rings is 1. The summed E-state index contributed by atoms with van der Waals surface area (Å²) in [5.74, 6) is 1.99. The molecule has 2 aliphatic heterocycles. The highest BCUT2D eigenvalue weighted by molar-refractivity contribution is 5.83. The average Bonchev–Trinajstić information content (AvgIpc) is 2.89. The molecule has 2 aliphatic rings. The van der Waals surface area contributed by atoms with Gasteiger partial charge >= 0.3 is 0 Å². The molecule has 1 fully saturated rings. The van der Waals surface area contributed by atoms with E-state index >= 15 is 0 Å². The zero-order valence-corrected chi connectivity index (χ0v) is 11.8. The van der Waals surface area contributed by atoms with Crippen molar-refractivity contribution in [3.63, 3.8) is 0 Å². The summed E-state index contributed by atoms with van der Waals surface area (Å²) in [5.41, 5.74) is 2.56. The first-order chi connectivity index (χ1) is 9.24. The second-order valence-corrected chi connectivity index (χ2v) is 5.83. The first-order valence-corrected chi connectivity index (χ1v) is 7.27. The lowest BCUT2D eigenvalue weighted by atomic mass is 9.97. The van der Waals surface area contributed by atoms with Gasteiger partial charge < -0.3 is 9.74 Å². The Bertz CT molecular complexity index is 475. The van der Waals surface area contributed by atoms with E-state index in [1.807, 2.05) is 0 Å². The quantitative estimate of drug-likeness (QED) is 0.770. The number of amidine groups is 1. The van der Waals surface area contributed by atoms with Crippen molar-refractivity contribution in [2.24, 2.45) is 11.1 Å². The fourth-order valence-electron chi connectivity index (χ4n) is 2.93. The lowest BCUT2D eigenvalue weighted by molar-refractivity contribution is 0.0850. The van der Waals surface area contributed by atoms with Gasteiger partial charge in [-0.05, 0) is 36.8 Å². The third-order valence-electron chi connectivity index (χ3n) is 4.34. The molecule has 102 valence electrons. The maximum atomic E-state index is 5.66. The summed E-state index contributed by atoms with van der Waals surface area (Å²) in [5, 5.41) is 4.33. The SMILES string of the molecule is Cc1ccccc1C1CC(N2CCC(C)CC2)=NO1. The zero-order chi connectivity index (χ0) is 13.2. The summed E-state index contributed by atoms with van der Waals surface area (Å²) < 4.78 is 0. The van der Waals surface area contributed by atoms with E-state index in [2.05, 4.69) is 48.2 Å². The van der Waals surface area contributed by atoms with Crippen molar-refractivity contribution in [2.45, 2.75) is 39.2 Å². The van der Waals surface area contributed by atoms with Gasteiger partial charge in [-0.25, -0.2) is 0 Å². The molecule has 0 aliphatic carbocycles. The molecule has 0 aromatic heterocycles. The molecule has 19 heavy (non-hydrogen) atoms. The number of piperidine rings is 1. The molecule has 1 aromatic rings. The van der Waals surface area contributed by atoms with Crippen LogP contribution < -0.4 is 0 Å². The number of hydrogen-bond acceptors (Lipinski definition) is 3. The number of oxime groups is 1. The van der Waals surface area contributed by atoms with E-state index in [9.17, 15) is 0 Å².